The van der Waals surface area contributed by atoms with Crippen LogP contribution in [0, 0.1) is 0 Å². The fraction of sp³-hybridized carbons (Fsp3) is 0.0294. The first-order valence-corrected chi connectivity index (χ1v) is 12.9. The topological polar surface area (TPSA) is 141 Å². The predicted molar refractivity (Wildman–Crippen MR) is 157 cm³/mol. The summed E-state index contributed by atoms with van der Waals surface area (Å²) in [6, 6.07) is 26.5. The second-order valence-corrected chi connectivity index (χ2v) is 9.78. The number of rotatable bonds is 6. The quantitative estimate of drug-likeness (QED) is 0.130. The number of hydrogen-bond acceptors (Lipinski definition) is 6. The Morgan fingerprint density at radius 3 is 1.74 bits per heavy atom. The van der Waals surface area contributed by atoms with Crippen LogP contribution in [-0.2, 0) is 6.42 Å². The maximum atomic E-state index is 13.7. The van der Waals surface area contributed by atoms with Crippen LogP contribution in [0.1, 0.15) is 42.2 Å². The molecule has 206 valence electrons. The number of phenols is 2. The Labute approximate surface area is 238 Å². The van der Waals surface area contributed by atoms with E-state index in [9.17, 15) is 34.8 Å². The molecule has 42 heavy (non-hydrogen) atoms. The van der Waals surface area contributed by atoms with Gasteiger partial charge in [0.05, 0.1) is 0 Å². The van der Waals surface area contributed by atoms with E-state index in [1.165, 1.54) is 18.2 Å². The molecule has 0 amide bonds. The van der Waals surface area contributed by atoms with Crippen molar-refractivity contribution >= 4 is 50.2 Å². The van der Waals surface area contributed by atoms with E-state index in [0.717, 1.165) is 0 Å². The number of esters is 1. The first-order valence-electron chi connectivity index (χ1n) is 12.9. The van der Waals surface area contributed by atoms with Crippen LogP contribution in [0.15, 0.2) is 97.1 Å². The third kappa shape index (κ3) is 4.41. The molecule has 6 aromatic carbocycles. The van der Waals surface area contributed by atoms with E-state index < -0.39 is 23.7 Å². The maximum absolute atomic E-state index is 13.7. The average Bonchev–Trinajstić information content (AvgIpc) is 2.98. The molecule has 0 bridgehead atoms. The van der Waals surface area contributed by atoms with E-state index in [2.05, 4.69) is 0 Å². The van der Waals surface area contributed by atoms with E-state index in [1.807, 2.05) is 0 Å². The number of aromatic hydroxyl groups is 2. The Hall–Kier alpha value is -5.89. The third-order valence-corrected chi connectivity index (χ3v) is 7.35. The first kappa shape index (κ1) is 26.3. The molecule has 0 aromatic heterocycles. The summed E-state index contributed by atoms with van der Waals surface area (Å²) in [5.74, 6) is -4.76. The molecule has 0 aliphatic heterocycles. The molecule has 0 spiro atoms. The molecule has 6 aromatic rings. The van der Waals surface area contributed by atoms with Gasteiger partial charge in [-0.1, -0.05) is 78.9 Å². The molecule has 0 atom stereocenters. The summed E-state index contributed by atoms with van der Waals surface area (Å²) >= 11 is 0. The highest BCUT2D eigenvalue weighted by atomic mass is 16.5. The number of ether oxygens (including phenoxy) is 1. The van der Waals surface area contributed by atoms with Gasteiger partial charge < -0.3 is 25.2 Å². The molecule has 6 rings (SSSR count). The van der Waals surface area contributed by atoms with Gasteiger partial charge in [0.15, 0.2) is 0 Å². The van der Waals surface area contributed by atoms with Crippen molar-refractivity contribution < 1.29 is 39.5 Å². The van der Waals surface area contributed by atoms with E-state index in [-0.39, 0.29) is 45.7 Å². The highest BCUT2D eigenvalue weighted by molar-refractivity contribution is 6.09. The summed E-state index contributed by atoms with van der Waals surface area (Å²) in [6.45, 7) is 0. The lowest BCUT2D eigenvalue weighted by molar-refractivity contribution is 0.0671. The van der Waals surface area contributed by atoms with Crippen LogP contribution in [0.25, 0.3) is 32.3 Å². The van der Waals surface area contributed by atoms with E-state index in [1.54, 1.807) is 78.9 Å². The Morgan fingerprint density at radius 2 is 1.12 bits per heavy atom. The molecule has 8 nitrogen and oxygen atoms in total. The van der Waals surface area contributed by atoms with Crippen LogP contribution in [0.4, 0.5) is 0 Å². The normalized spacial score (nSPS) is 11.1. The van der Waals surface area contributed by atoms with Crippen molar-refractivity contribution in [2.75, 3.05) is 0 Å². The minimum absolute atomic E-state index is 0.135. The van der Waals surface area contributed by atoms with Crippen LogP contribution in [-0.4, -0.2) is 38.3 Å². The maximum Gasteiger partial charge on any atom is 0.347 e. The van der Waals surface area contributed by atoms with Gasteiger partial charge in [-0.25, -0.2) is 14.4 Å². The van der Waals surface area contributed by atoms with Crippen LogP contribution in [0.3, 0.4) is 0 Å². The molecule has 0 saturated carbocycles. The summed E-state index contributed by atoms with van der Waals surface area (Å²) in [5.41, 5.74) is -0.286. The predicted octanol–water partition coefficient (Wildman–Crippen LogP) is 6.76. The smallest absolute Gasteiger partial charge is 0.347 e. The number of carboxylic acid groups (broad SMARTS) is 2. The molecule has 0 radical (unpaired) electrons. The molecule has 0 aliphatic rings. The molecular formula is C34H22O8. The van der Waals surface area contributed by atoms with Gasteiger partial charge in [-0.05, 0) is 50.5 Å². The van der Waals surface area contributed by atoms with Gasteiger partial charge >= 0.3 is 17.9 Å². The minimum Gasteiger partial charge on any atom is -0.507 e. The number of carbonyl (C=O) groups is 3. The van der Waals surface area contributed by atoms with Crippen molar-refractivity contribution in [1.29, 1.82) is 0 Å². The van der Waals surface area contributed by atoms with Crippen molar-refractivity contribution in [3.05, 3.63) is 125 Å². The van der Waals surface area contributed by atoms with Crippen LogP contribution in [0.5, 0.6) is 17.2 Å². The average molecular weight is 559 g/mol. The SMILES string of the molecule is O=C(O)c1cc2ccccc2c(Cc2c(OC(=O)c3c(O)ccc4ccccc34)c(C(=O)O)cc3ccccc23)c1O. The highest BCUT2D eigenvalue weighted by Crippen LogP contribution is 2.40. The van der Waals surface area contributed by atoms with Crippen molar-refractivity contribution in [3.63, 3.8) is 0 Å². The van der Waals surface area contributed by atoms with Crippen LogP contribution >= 0.6 is 0 Å². The Bertz CT molecular complexity index is 2090. The fourth-order valence-electron chi connectivity index (χ4n) is 5.40. The number of carboxylic acids is 2. The van der Waals surface area contributed by atoms with E-state index in [4.69, 9.17) is 4.74 Å². The number of hydrogen-bond donors (Lipinski definition) is 4. The van der Waals surface area contributed by atoms with Gasteiger partial charge in [0.25, 0.3) is 0 Å². The van der Waals surface area contributed by atoms with Gasteiger partial charge in [0.1, 0.15) is 33.9 Å². The Morgan fingerprint density at radius 1 is 0.595 bits per heavy atom. The van der Waals surface area contributed by atoms with E-state index in [0.29, 0.717) is 32.3 Å². The monoisotopic (exact) mass is 558 g/mol. The van der Waals surface area contributed by atoms with Gasteiger partial charge in [0.2, 0.25) is 0 Å². The van der Waals surface area contributed by atoms with Gasteiger partial charge in [-0.3, -0.25) is 0 Å². The van der Waals surface area contributed by atoms with Crippen molar-refractivity contribution in [1.82, 2.24) is 0 Å². The summed E-state index contributed by atoms with van der Waals surface area (Å²) in [6.07, 6.45) is -0.167. The molecule has 0 saturated heterocycles. The lowest BCUT2D eigenvalue weighted by Gasteiger charge is -2.19. The lowest BCUT2D eigenvalue weighted by atomic mass is 9.90. The first-order chi connectivity index (χ1) is 20.2. The van der Waals surface area contributed by atoms with Crippen molar-refractivity contribution in [2.45, 2.75) is 6.42 Å². The number of aromatic carboxylic acids is 2. The molecule has 4 N–H and O–H groups in total. The standard InChI is InChI=1S/C34H22O8/c35-28-14-13-18-7-1-6-12-23(18)29(28)34(41)42-31-25(22-11-5-3-9-20(22)16-27(31)33(39)40)17-24-21-10-4-2-8-19(21)15-26(30(24)36)32(37)38/h1-16,35-36H,17H2,(H,37,38)(H,39,40). The van der Waals surface area contributed by atoms with Crippen molar-refractivity contribution in [3.8, 4) is 17.2 Å². The summed E-state index contributed by atoms with van der Waals surface area (Å²) in [5, 5.41) is 45.0. The molecule has 0 unspecified atom stereocenters. The van der Waals surface area contributed by atoms with Gasteiger partial charge in [-0.2, -0.15) is 0 Å². The summed E-state index contributed by atoms with van der Waals surface area (Å²) < 4.78 is 5.85. The lowest BCUT2D eigenvalue weighted by Crippen LogP contribution is -2.15. The molecule has 8 heteroatoms. The Kier molecular flexibility index (Phi) is 6.43. The zero-order valence-corrected chi connectivity index (χ0v) is 21.9. The second-order valence-electron chi connectivity index (χ2n) is 9.78. The third-order valence-electron chi connectivity index (χ3n) is 7.35. The largest absolute Gasteiger partial charge is 0.507 e. The summed E-state index contributed by atoms with van der Waals surface area (Å²) in [7, 11) is 0. The van der Waals surface area contributed by atoms with Gasteiger partial charge in [0, 0.05) is 17.5 Å². The van der Waals surface area contributed by atoms with Crippen LogP contribution < -0.4 is 4.74 Å². The molecule has 0 aliphatic carbocycles. The highest BCUT2D eigenvalue weighted by Gasteiger charge is 2.27. The van der Waals surface area contributed by atoms with E-state index >= 15 is 0 Å². The number of benzene rings is 6. The minimum atomic E-state index is -1.36. The Balaban J connectivity index is 1.61. The van der Waals surface area contributed by atoms with Gasteiger partial charge in [-0.15, -0.1) is 0 Å². The fourth-order valence-corrected chi connectivity index (χ4v) is 5.40. The molecule has 0 heterocycles. The van der Waals surface area contributed by atoms with Crippen molar-refractivity contribution in [2.24, 2.45) is 0 Å². The number of carbonyl (C=O) groups excluding carboxylic acids is 1. The zero-order chi connectivity index (χ0) is 29.5. The second kappa shape index (κ2) is 10.3. The molecule has 0 fully saturated rings. The summed E-state index contributed by atoms with van der Waals surface area (Å²) in [4.78, 5) is 38.2. The molecular weight excluding hydrogens is 536 g/mol. The number of fused-ring (bicyclic) bond motifs is 3. The zero-order valence-electron chi connectivity index (χ0n) is 21.9. The number of phenolic OH excluding ortho intramolecular Hbond substituents is 1. The van der Waals surface area contributed by atoms with Crippen LogP contribution in [0.2, 0.25) is 0 Å².